The molecule has 2 rings (SSSR count). The lowest BCUT2D eigenvalue weighted by Gasteiger charge is -2.05. The molecule has 0 amide bonds. The molecule has 0 atom stereocenters. The van der Waals surface area contributed by atoms with Crippen LogP contribution in [0.4, 0.5) is 10.1 Å². The molecule has 0 aliphatic rings. The van der Waals surface area contributed by atoms with E-state index in [4.69, 9.17) is 15.9 Å². The van der Waals surface area contributed by atoms with E-state index in [9.17, 15) is 14.5 Å². The first-order chi connectivity index (χ1) is 9.47. The Balaban J connectivity index is 2.21. The van der Waals surface area contributed by atoms with E-state index in [1.807, 2.05) is 0 Å². The minimum Gasteiger partial charge on any atom is -0.434 e. The molecule has 0 spiro atoms. The van der Waals surface area contributed by atoms with Crippen LogP contribution in [0, 0.1) is 21.3 Å². The Kier molecular flexibility index (Phi) is 3.51. The van der Waals surface area contributed by atoms with Crippen LogP contribution in [0.25, 0.3) is 0 Å². The van der Waals surface area contributed by atoms with Gasteiger partial charge in [0.1, 0.15) is 11.5 Å². The number of nitrogen functional groups attached to an aromatic ring is 1. The van der Waals surface area contributed by atoms with Crippen molar-refractivity contribution < 1.29 is 14.1 Å². The van der Waals surface area contributed by atoms with Gasteiger partial charge in [0, 0.05) is 6.07 Å². The first kappa shape index (κ1) is 13.3. The second kappa shape index (κ2) is 5.26. The maximum Gasteiger partial charge on any atom is 0.272 e. The molecule has 0 aliphatic carbocycles. The zero-order valence-electron chi connectivity index (χ0n) is 9.91. The first-order valence-electron chi connectivity index (χ1n) is 5.25. The number of nitrogens with two attached hydrogens (primary N) is 1. The highest BCUT2D eigenvalue weighted by atomic mass is 19.1. The average Bonchev–Trinajstić information content (AvgIpc) is 2.41. The van der Waals surface area contributed by atoms with E-state index in [0.29, 0.717) is 0 Å². The van der Waals surface area contributed by atoms with E-state index < -0.39 is 10.7 Å². The second-order valence-electron chi connectivity index (χ2n) is 3.63. The molecule has 0 unspecified atom stereocenters. The number of benzene rings is 1. The number of nitrogens with zero attached hydrogens (tertiary/aromatic N) is 3. The molecule has 9 heteroatoms. The molecule has 20 heavy (non-hydrogen) atoms. The van der Waals surface area contributed by atoms with Crippen LogP contribution in [0.1, 0.15) is 5.69 Å². The molecule has 1 aromatic carbocycles. The third kappa shape index (κ3) is 2.83. The van der Waals surface area contributed by atoms with Crippen molar-refractivity contribution in [1.82, 2.24) is 9.97 Å². The van der Waals surface area contributed by atoms with Crippen molar-refractivity contribution in [2.24, 2.45) is 5.73 Å². The van der Waals surface area contributed by atoms with Crippen molar-refractivity contribution in [3.8, 4) is 11.6 Å². The van der Waals surface area contributed by atoms with E-state index in [1.54, 1.807) is 0 Å². The molecular weight excluding hydrogens is 269 g/mol. The Morgan fingerprint density at radius 3 is 2.65 bits per heavy atom. The molecule has 0 bridgehead atoms. The highest BCUT2D eigenvalue weighted by Gasteiger charge is 2.13. The van der Waals surface area contributed by atoms with Crippen LogP contribution in [0.2, 0.25) is 0 Å². The van der Waals surface area contributed by atoms with E-state index in [-0.39, 0.29) is 28.8 Å². The van der Waals surface area contributed by atoms with Gasteiger partial charge in [-0.1, -0.05) is 0 Å². The molecule has 0 saturated carbocycles. The van der Waals surface area contributed by atoms with Crippen LogP contribution >= 0.6 is 0 Å². The Labute approximate surface area is 111 Å². The number of halogens is 1. The minimum absolute atomic E-state index is 0.0252. The van der Waals surface area contributed by atoms with Crippen LogP contribution < -0.4 is 10.5 Å². The number of nitrogens with one attached hydrogen (secondary N) is 1. The standard InChI is InChI=1S/C11H8FN5O3/c12-7-3-6(17(18)19)1-2-9(7)20-10-5-15-8(4-16-10)11(13)14/h1-5H,(H3,13,14). The zero-order chi connectivity index (χ0) is 14.7. The molecule has 2 aromatic rings. The molecule has 8 nitrogen and oxygen atoms in total. The van der Waals surface area contributed by atoms with Gasteiger partial charge < -0.3 is 10.5 Å². The lowest BCUT2D eigenvalue weighted by Crippen LogP contribution is -2.13. The monoisotopic (exact) mass is 277 g/mol. The lowest BCUT2D eigenvalue weighted by molar-refractivity contribution is -0.385. The number of rotatable bonds is 4. The Bertz CT molecular complexity index is 674. The summed E-state index contributed by atoms with van der Waals surface area (Å²) in [7, 11) is 0. The molecule has 3 N–H and O–H groups in total. The van der Waals surface area contributed by atoms with E-state index in [0.717, 1.165) is 24.4 Å². The first-order valence-corrected chi connectivity index (χ1v) is 5.25. The van der Waals surface area contributed by atoms with Crippen LogP contribution in [-0.2, 0) is 0 Å². The molecule has 1 heterocycles. The summed E-state index contributed by atoms with van der Waals surface area (Å²) in [5.74, 6) is -1.40. The summed E-state index contributed by atoms with van der Waals surface area (Å²) in [5.41, 5.74) is 4.97. The van der Waals surface area contributed by atoms with Crippen LogP contribution in [0.5, 0.6) is 11.6 Å². The smallest absolute Gasteiger partial charge is 0.272 e. The number of hydrogen-bond donors (Lipinski definition) is 2. The fraction of sp³-hybridized carbons (Fsp3) is 0. The molecule has 1 aromatic heterocycles. The number of hydrogen-bond acceptors (Lipinski definition) is 6. The van der Waals surface area contributed by atoms with Gasteiger partial charge in [-0.2, -0.15) is 0 Å². The van der Waals surface area contributed by atoms with Crippen LogP contribution in [-0.4, -0.2) is 20.7 Å². The minimum atomic E-state index is -0.892. The molecule has 102 valence electrons. The Morgan fingerprint density at radius 2 is 2.15 bits per heavy atom. The highest BCUT2D eigenvalue weighted by molar-refractivity contribution is 5.92. The normalized spacial score (nSPS) is 10.1. The van der Waals surface area contributed by atoms with E-state index in [2.05, 4.69) is 9.97 Å². The van der Waals surface area contributed by atoms with Gasteiger partial charge in [0.05, 0.1) is 23.4 Å². The maximum absolute atomic E-state index is 13.6. The van der Waals surface area contributed by atoms with Crippen molar-refractivity contribution in [3.05, 3.63) is 52.2 Å². The highest BCUT2D eigenvalue weighted by Crippen LogP contribution is 2.25. The SMILES string of the molecule is N=C(N)c1cnc(Oc2ccc([N+](=O)[O-])cc2F)cn1. The summed E-state index contributed by atoms with van der Waals surface area (Å²) >= 11 is 0. The fourth-order valence-corrected chi connectivity index (χ4v) is 1.31. The van der Waals surface area contributed by atoms with Gasteiger partial charge in [0.2, 0.25) is 5.88 Å². The van der Waals surface area contributed by atoms with Gasteiger partial charge in [-0.3, -0.25) is 15.5 Å². The van der Waals surface area contributed by atoms with Gasteiger partial charge in [-0.05, 0) is 6.07 Å². The molecular formula is C11H8FN5O3. The third-order valence-corrected chi connectivity index (χ3v) is 2.24. The molecule has 0 saturated heterocycles. The number of nitro groups is 1. The van der Waals surface area contributed by atoms with Crippen molar-refractivity contribution in [1.29, 1.82) is 5.41 Å². The number of ether oxygens (including phenoxy) is 1. The summed E-state index contributed by atoms with van der Waals surface area (Å²) in [5, 5.41) is 17.6. The number of nitro benzene ring substituents is 1. The molecule has 0 aliphatic heterocycles. The van der Waals surface area contributed by atoms with Gasteiger partial charge >= 0.3 is 0 Å². The summed E-state index contributed by atoms with van der Waals surface area (Å²) < 4.78 is 18.7. The van der Waals surface area contributed by atoms with Crippen molar-refractivity contribution in [2.45, 2.75) is 0 Å². The summed E-state index contributed by atoms with van der Waals surface area (Å²) in [6.45, 7) is 0. The van der Waals surface area contributed by atoms with E-state index in [1.165, 1.54) is 6.20 Å². The van der Waals surface area contributed by atoms with Crippen LogP contribution in [0.3, 0.4) is 0 Å². The van der Waals surface area contributed by atoms with Crippen LogP contribution in [0.15, 0.2) is 30.6 Å². The quantitative estimate of drug-likeness (QED) is 0.378. The topological polar surface area (TPSA) is 128 Å². The predicted octanol–water partition coefficient (Wildman–Crippen LogP) is 1.60. The number of non-ortho nitro benzene ring substituents is 1. The average molecular weight is 277 g/mol. The number of aromatic nitrogens is 2. The second-order valence-corrected chi connectivity index (χ2v) is 3.63. The summed E-state index contributed by atoms with van der Waals surface area (Å²) in [6, 6.07) is 2.97. The molecule has 0 fully saturated rings. The molecule has 0 radical (unpaired) electrons. The van der Waals surface area contributed by atoms with Gasteiger partial charge in [0.25, 0.3) is 5.69 Å². The van der Waals surface area contributed by atoms with Gasteiger partial charge in [-0.15, -0.1) is 0 Å². The largest absolute Gasteiger partial charge is 0.434 e. The van der Waals surface area contributed by atoms with Crippen molar-refractivity contribution in [3.63, 3.8) is 0 Å². The number of amidine groups is 1. The zero-order valence-corrected chi connectivity index (χ0v) is 9.91. The predicted molar refractivity (Wildman–Crippen MR) is 66.2 cm³/mol. The Hall–Kier alpha value is -3.10. The van der Waals surface area contributed by atoms with Gasteiger partial charge in [0.15, 0.2) is 11.6 Å². The lowest BCUT2D eigenvalue weighted by atomic mass is 10.3. The maximum atomic E-state index is 13.6. The van der Waals surface area contributed by atoms with Gasteiger partial charge in [-0.25, -0.2) is 14.4 Å². The third-order valence-electron chi connectivity index (χ3n) is 2.24. The van der Waals surface area contributed by atoms with Crippen molar-refractivity contribution in [2.75, 3.05) is 0 Å². The Morgan fingerprint density at radius 1 is 1.40 bits per heavy atom. The summed E-state index contributed by atoms with van der Waals surface area (Å²) in [6.07, 6.45) is 2.36. The van der Waals surface area contributed by atoms with Crippen molar-refractivity contribution >= 4 is 11.5 Å². The van der Waals surface area contributed by atoms with E-state index >= 15 is 0 Å². The summed E-state index contributed by atoms with van der Waals surface area (Å²) in [4.78, 5) is 17.3. The fourth-order valence-electron chi connectivity index (χ4n) is 1.31.